The molecule has 0 aromatic carbocycles. The minimum Gasteiger partial charge on any atom is -0.393 e. The molecule has 17 heavy (non-hydrogen) atoms. The van der Waals surface area contributed by atoms with Crippen molar-refractivity contribution < 1.29 is 5.11 Å². The van der Waals surface area contributed by atoms with Crippen molar-refractivity contribution in [3.8, 4) is 0 Å². The van der Waals surface area contributed by atoms with E-state index in [1.54, 1.807) is 6.20 Å². The summed E-state index contributed by atoms with van der Waals surface area (Å²) in [5.41, 5.74) is 1.20. The maximum absolute atomic E-state index is 9.25. The van der Waals surface area contributed by atoms with Crippen LogP contribution in [-0.2, 0) is 6.54 Å². The number of aliphatic hydroxyl groups excluding tert-OH is 1. The maximum atomic E-state index is 9.25. The van der Waals surface area contributed by atoms with E-state index in [9.17, 15) is 5.11 Å². The van der Waals surface area contributed by atoms with E-state index in [2.05, 4.69) is 35.2 Å². The fourth-order valence-electron chi connectivity index (χ4n) is 1.67. The van der Waals surface area contributed by atoms with Gasteiger partial charge in [-0.15, -0.1) is 0 Å². The third-order valence-corrected chi connectivity index (χ3v) is 2.60. The highest BCUT2D eigenvalue weighted by Crippen LogP contribution is 2.13. The summed E-state index contributed by atoms with van der Waals surface area (Å²) in [6.07, 6.45) is 2.37. The normalized spacial score (nSPS) is 12.8. The molecule has 4 heteroatoms. The van der Waals surface area contributed by atoms with Crippen LogP contribution in [0.1, 0.15) is 25.8 Å². The summed E-state index contributed by atoms with van der Waals surface area (Å²) < 4.78 is 0. The van der Waals surface area contributed by atoms with Gasteiger partial charge < -0.3 is 15.3 Å². The lowest BCUT2D eigenvalue weighted by molar-refractivity contribution is 0.163. The summed E-state index contributed by atoms with van der Waals surface area (Å²) in [5.74, 6) is 0.957. The van der Waals surface area contributed by atoms with Crippen LogP contribution in [0.4, 0.5) is 5.82 Å². The molecular formula is C13H23N3O. The van der Waals surface area contributed by atoms with Gasteiger partial charge in [-0.1, -0.05) is 6.07 Å². The molecule has 0 aliphatic rings. The third-order valence-electron chi connectivity index (χ3n) is 2.60. The predicted molar refractivity (Wildman–Crippen MR) is 71.0 cm³/mol. The van der Waals surface area contributed by atoms with Gasteiger partial charge in [-0.05, 0) is 33.4 Å². The third kappa shape index (κ3) is 5.15. The van der Waals surface area contributed by atoms with Crippen LogP contribution in [-0.4, -0.2) is 41.2 Å². The molecule has 1 unspecified atom stereocenters. The van der Waals surface area contributed by atoms with Gasteiger partial charge in [0.1, 0.15) is 5.82 Å². The summed E-state index contributed by atoms with van der Waals surface area (Å²) in [4.78, 5) is 6.53. The van der Waals surface area contributed by atoms with Crippen molar-refractivity contribution >= 4 is 5.82 Å². The average molecular weight is 237 g/mol. The number of nitrogens with zero attached hydrogens (tertiary/aromatic N) is 2. The number of hydrogen-bond acceptors (Lipinski definition) is 4. The molecule has 0 saturated carbocycles. The molecule has 0 bridgehead atoms. The van der Waals surface area contributed by atoms with E-state index in [0.29, 0.717) is 0 Å². The number of anilines is 1. The lowest BCUT2D eigenvalue weighted by Crippen LogP contribution is -2.22. The highest BCUT2D eigenvalue weighted by atomic mass is 16.3. The monoisotopic (exact) mass is 237 g/mol. The summed E-state index contributed by atoms with van der Waals surface area (Å²) >= 11 is 0. The Balaban J connectivity index is 2.54. The fraction of sp³-hybridized carbons (Fsp3) is 0.615. The molecule has 4 nitrogen and oxygen atoms in total. The molecule has 0 saturated heterocycles. The van der Waals surface area contributed by atoms with Gasteiger partial charge in [0.2, 0.25) is 0 Å². The van der Waals surface area contributed by atoms with Gasteiger partial charge in [0, 0.05) is 31.4 Å². The van der Waals surface area contributed by atoms with Crippen LogP contribution in [0.2, 0.25) is 0 Å². The largest absolute Gasteiger partial charge is 0.393 e. The predicted octanol–water partition coefficient (Wildman–Crippen LogP) is 1.72. The van der Waals surface area contributed by atoms with Crippen molar-refractivity contribution in [2.75, 3.05) is 25.5 Å². The molecule has 0 spiro atoms. The summed E-state index contributed by atoms with van der Waals surface area (Å²) in [6, 6.07) is 4.04. The second kappa shape index (κ2) is 7.25. The van der Waals surface area contributed by atoms with Gasteiger partial charge in [0.25, 0.3) is 0 Å². The Morgan fingerprint density at radius 2 is 2.29 bits per heavy atom. The Bertz CT molecular complexity index is 328. The van der Waals surface area contributed by atoms with E-state index < -0.39 is 0 Å². The molecule has 1 aromatic heterocycles. The second-order valence-electron chi connectivity index (χ2n) is 4.42. The van der Waals surface area contributed by atoms with Crippen LogP contribution in [0.5, 0.6) is 0 Å². The second-order valence-corrected chi connectivity index (χ2v) is 4.42. The van der Waals surface area contributed by atoms with Crippen LogP contribution in [0.3, 0.4) is 0 Å². The molecule has 0 aliphatic heterocycles. The van der Waals surface area contributed by atoms with Gasteiger partial charge in [-0.25, -0.2) is 4.98 Å². The quantitative estimate of drug-likeness (QED) is 0.758. The molecule has 0 fully saturated rings. The van der Waals surface area contributed by atoms with Crippen molar-refractivity contribution in [1.29, 1.82) is 0 Å². The van der Waals surface area contributed by atoms with Crippen molar-refractivity contribution in [3.05, 3.63) is 23.9 Å². The number of nitrogens with one attached hydrogen (secondary N) is 1. The standard InChI is InChI=1S/C13H23N3O/c1-4-14-13-12(6-5-8-15-13)10-16(3)9-7-11(2)17/h5-6,8,11,17H,4,7,9-10H2,1-3H3,(H,14,15). The van der Waals surface area contributed by atoms with Crippen molar-refractivity contribution in [3.63, 3.8) is 0 Å². The highest BCUT2D eigenvalue weighted by Gasteiger charge is 2.06. The number of hydrogen-bond donors (Lipinski definition) is 2. The van der Waals surface area contributed by atoms with Gasteiger partial charge in [-0.2, -0.15) is 0 Å². The van der Waals surface area contributed by atoms with Gasteiger partial charge in [0.05, 0.1) is 6.10 Å². The van der Waals surface area contributed by atoms with E-state index in [0.717, 1.165) is 31.9 Å². The molecule has 0 radical (unpaired) electrons. The first-order valence-corrected chi connectivity index (χ1v) is 6.17. The van der Waals surface area contributed by atoms with E-state index in [1.165, 1.54) is 5.56 Å². The summed E-state index contributed by atoms with van der Waals surface area (Å²) in [5, 5.41) is 12.5. The molecule has 0 aliphatic carbocycles. The van der Waals surface area contributed by atoms with Crippen molar-refractivity contribution in [2.45, 2.75) is 32.9 Å². The molecular weight excluding hydrogens is 214 g/mol. The molecule has 2 N–H and O–H groups in total. The lowest BCUT2D eigenvalue weighted by Gasteiger charge is -2.19. The topological polar surface area (TPSA) is 48.4 Å². The van der Waals surface area contributed by atoms with Crippen LogP contribution in [0, 0.1) is 0 Å². The molecule has 1 heterocycles. The Hall–Kier alpha value is -1.13. The number of rotatable bonds is 7. The zero-order valence-corrected chi connectivity index (χ0v) is 11.0. The van der Waals surface area contributed by atoms with Gasteiger partial charge >= 0.3 is 0 Å². The molecule has 1 atom stereocenters. The van der Waals surface area contributed by atoms with Crippen molar-refractivity contribution in [2.24, 2.45) is 0 Å². The van der Waals surface area contributed by atoms with Crippen LogP contribution in [0.25, 0.3) is 0 Å². The maximum Gasteiger partial charge on any atom is 0.130 e. The Morgan fingerprint density at radius 1 is 1.53 bits per heavy atom. The summed E-state index contributed by atoms with van der Waals surface area (Å²) in [6.45, 7) is 6.50. The number of aromatic nitrogens is 1. The molecule has 1 aromatic rings. The smallest absolute Gasteiger partial charge is 0.130 e. The number of pyridine rings is 1. The van der Waals surface area contributed by atoms with Gasteiger partial charge in [-0.3, -0.25) is 0 Å². The Kier molecular flexibility index (Phi) is 5.94. The van der Waals surface area contributed by atoms with E-state index in [4.69, 9.17) is 0 Å². The summed E-state index contributed by atoms with van der Waals surface area (Å²) in [7, 11) is 2.06. The average Bonchev–Trinajstić information content (AvgIpc) is 2.29. The first kappa shape index (κ1) is 13.9. The first-order valence-electron chi connectivity index (χ1n) is 6.17. The van der Waals surface area contributed by atoms with Gasteiger partial charge in [0.15, 0.2) is 0 Å². The zero-order valence-electron chi connectivity index (χ0n) is 11.0. The van der Waals surface area contributed by atoms with Crippen LogP contribution >= 0.6 is 0 Å². The van der Waals surface area contributed by atoms with Crippen LogP contribution < -0.4 is 5.32 Å². The lowest BCUT2D eigenvalue weighted by atomic mass is 10.2. The van der Waals surface area contributed by atoms with Crippen LogP contribution in [0.15, 0.2) is 18.3 Å². The molecule has 0 amide bonds. The van der Waals surface area contributed by atoms with E-state index in [1.807, 2.05) is 13.0 Å². The Labute approximate surface area is 104 Å². The van der Waals surface area contributed by atoms with Crippen molar-refractivity contribution in [1.82, 2.24) is 9.88 Å². The van der Waals surface area contributed by atoms with E-state index >= 15 is 0 Å². The SMILES string of the molecule is CCNc1ncccc1CN(C)CCC(C)O. The minimum absolute atomic E-state index is 0.236. The van der Waals surface area contributed by atoms with E-state index in [-0.39, 0.29) is 6.10 Å². The molecule has 96 valence electrons. The first-order chi connectivity index (χ1) is 8.13. The highest BCUT2D eigenvalue weighted by molar-refractivity contribution is 5.43. The zero-order chi connectivity index (χ0) is 12.7. The molecule has 1 rings (SSSR count). The number of aliphatic hydroxyl groups is 1. The Morgan fingerprint density at radius 3 is 2.94 bits per heavy atom. The fourth-order valence-corrected chi connectivity index (χ4v) is 1.67. The minimum atomic E-state index is -0.236.